The number of ether oxygens (including phenoxy) is 1. The molecule has 4 rings (SSSR count). The van der Waals surface area contributed by atoms with Crippen LogP contribution in [0.3, 0.4) is 0 Å². The number of alkyl halides is 3. The number of H-pyrrole nitrogens is 1. The van der Waals surface area contributed by atoms with Crippen LogP contribution in [0.5, 0.6) is 0 Å². The van der Waals surface area contributed by atoms with Crippen molar-refractivity contribution in [3.05, 3.63) is 107 Å². The summed E-state index contributed by atoms with van der Waals surface area (Å²) in [5.41, 5.74) is 4.20. The molecule has 0 aliphatic carbocycles. The summed E-state index contributed by atoms with van der Waals surface area (Å²) in [6.07, 6.45) is -2.38. The van der Waals surface area contributed by atoms with Gasteiger partial charge < -0.3 is 15.0 Å². The third-order valence-electron chi connectivity index (χ3n) is 5.42. The fraction of sp³-hybridized carbons (Fsp3) is 0.192. The van der Waals surface area contributed by atoms with Crippen LogP contribution in [-0.2, 0) is 11.3 Å². The number of aromatic amines is 1. The maximum absolute atomic E-state index is 12.8. The Balaban J connectivity index is 1.45. The van der Waals surface area contributed by atoms with E-state index in [4.69, 9.17) is 0 Å². The van der Waals surface area contributed by atoms with E-state index in [9.17, 15) is 18.0 Å². The Morgan fingerprint density at radius 2 is 1.64 bits per heavy atom. The molecule has 0 fully saturated rings. The Hall–Kier alpha value is -3.58. The van der Waals surface area contributed by atoms with E-state index in [-0.39, 0.29) is 18.4 Å². The minimum atomic E-state index is -4.36. The number of carbonyl (C=O) groups is 1. The van der Waals surface area contributed by atoms with Crippen molar-refractivity contribution in [3.63, 3.8) is 0 Å². The van der Waals surface area contributed by atoms with Gasteiger partial charge in [-0.25, -0.2) is 0 Å². The normalized spacial score (nSPS) is 12.6. The first-order valence-corrected chi connectivity index (χ1v) is 10.5. The minimum absolute atomic E-state index is 0.0543. The van der Waals surface area contributed by atoms with Crippen LogP contribution in [0.2, 0.25) is 0 Å². The molecule has 0 bridgehead atoms. The molecule has 0 aliphatic rings. The van der Waals surface area contributed by atoms with Crippen molar-refractivity contribution in [2.45, 2.75) is 18.7 Å². The second kappa shape index (κ2) is 9.92. The zero-order valence-corrected chi connectivity index (χ0v) is 17.7. The average Bonchev–Trinajstić information content (AvgIpc) is 3.23. The molecule has 0 radical (unpaired) electrons. The number of nitrogens with one attached hydrogen (secondary N) is 2. The van der Waals surface area contributed by atoms with Gasteiger partial charge in [0.2, 0.25) is 0 Å². The summed E-state index contributed by atoms with van der Waals surface area (Å²) >= 11 is 0. The predicted molar refractivity (Wildman–Crippen MR) is 121 cm³/mol. The molecule has 0 saturated carbocycles. The van der Waals surface area contributed by atoms with Crippen molar-refractivity contribution < 1.29 is 22.7 Å². The fourth-order valence-electron chi connectivity index (χ4n) is 3.81. The molecule has 3 aromatic carbocycles. The lowest BCUT2D eigenvalue weighted by atomic mass is 9.91. The number of fused-ring (bicyclic) bond motifs is 1. The molecule has 1 amide bonds. The van der Waals surface area contributed by atoms with E-state index in [1.54, 1.807) is 24.3 Å². The van der Waals surface area contributed by atoms with Gasteiger partial charge in [0.05, 0.1) is 6.61 Å². The maximum atomic E-state index is 12.8. The largest absolute Gasteiger partial charge is 0.411 e. The smallest absolute Gasteiger partial charge is 0.367 e. The van der Waals surface area contributed by atoms with Crippen molar-refractivity contribution in [2.24, 2.45) is 0 Å². The fourth-order valence-corrected chi connectivity index (χ4v) is 3.81. The predicted octanol–water partition coefficient (Wildman–Crippen LogP) is 5.81. The first-order valence-electron chi connectivity index (χ1n) is 10.5. The van der Waals surface area contributed by atoms with Crippen LogP contribution >= 0.6 is 0 Å². The van der Waals surface area contributed by atoms with Gasteiger partial charge in [0, 0.05) is 35.1 Å². The molecule has 0 aliphatic heterocycles. The number of carbonyl (C=O) groups excluding carboxylic acids is 1. The van der Waals surface area contributed by atoms with Crippen LogP contribution in [0.4, 0.5) is 13.2 Å². The molecule has 4 aromatic rings. The highest BCUT2D eigenvalue weighted by Gasteiger charge is 2.27. The Labute approximate surface area is 189 Å². The molecule has 0 saturated heterocycles. The number of aromatic nitrogens is 1. The summed E-state index contributed by atoms with van der Waals surface area (Å²) in [6, 6.07) is 24.4. The zero-order valence-electron chi connectivity index (χ0n) is 17.7. The van der Waals surface area contributed by atoms with E-state index in [1.807, 2.05) is 54.7 Å². The van der Waals surface area contributed by atoms with E-state index in [0.717, 1.165) is 22.0 Å². The van der Waals surface area contributed by atoms with Crippen molar-refractivity contribution in [2.75, 3.05) is 13.2 Å². The Kier molecular flexibility index (Phi) is 6.79. The molecular formula is C26H23F3N2O2. The molecule has 170 valence electrons. The highest BCUT2D eigenvalue weighted by Crippen LogP contribution is 2.30. The van der Waals surface area contributed by atoms with Gasteiger partial charge >= 0.3 is 6.18 Å². The van der Waals surface area contributed by atoms with Crippen LogP contribution in [0.1, 0.15) is 33.0 Å². The summed E-state index contributed by atoms with van der Waals surface area (Å²) in [5.74, 6) is -0.306. The molecule has 1 heterocycles. The van der Waals surface area contributed by atoms with Gasteiger partial charge in [-0.2, -0.15) is 13.2 Å². The molecule has 7 heteroatoms. The van der Waals surface area contributed by atoms with Gasteiger partial charge in [-0.1, -0.05) is 60.7 Å². The van der Waals surface area contributed by atoms with Crippen molar-refractivity contribution in [1.82, 2.24) is 10.3 Å². The molecular weight excluding hydrogens is 429 g/mol. The van der Waals surface area contributed by atoms with E-state index in [0.29, 0.717) is 17.7 Å². The lowest BCUT2D eigenvalue weighted by Gasteiger charge is -2.18. The summed E-state index contributed by atoms with van der Waals surface area (Å²) in [6.45, 7) is -1.08. The van der Waals surface area contributed by atoms with E-state index >= 15 is 0 Å². The van der Waals surface area contributed by atoms with Crippen LogP contribution < -0.4 is 5.32 Å². The Morgan fingerprint density at radius 3 is 2.36 bits per heavy atom. The van der Waals surface area contributed by atoms with E-state index in [2.05, 4.69) is 21.1 Å². The standard InChI is InChI=1S/C26H23F3N2O2/c27-26(28,29)17-33-16-18-10-12-20(13-11-18)25(32)31-14-22(19-6-2-1-3-7-19)23-15-30-24-9-5-4-8-21(23)24/h1-13,15,22,30H,14,16-17H2,(H,31,32). The molecule has 1 aromatic heterocycles. The first-order chi connectivity index (χ1) is 15.9. The van der Waals surface area contributed by atoms with Gasteiger partial charge in [-0.3, -0.25) is 4.79 Å². The van der Waals surface area contributed by atoms with Crippen LogP contribution in [-0.4, -0.2) is 30.2 Å². The van der Waals surface area contributed by atoms with Crippen LogP contribution in [0.15, 0.2) is 85.1 Å². The average molecular weight is 452 g/mol. The molecule has 33 heavy (non-hydrogen) atoms. The summed E-state index contributed by atoms with van der Waals surface area (Å²) in [4.78, 5) is 16.1. The lowest BCUT2D eigenvalue weighted by Crippen LogP contribution is -2.28. The quantitative estimate of drug-likeness (QED) is 0.355. The van der Waals surface area contributed by atoms with E-state index in [1.165, 1.54) is 0 Å². The van der Waals surface area contributed by atoms with Crippen molar-refractivity contribution in [3.8, 4) is 0 Å². The van der Waals surface area contributed by atoms with Gasteiger partial charge in [0.25, 0.3) is 5.91 Å². The second-order valence-electron chi connectivity index (χ2n) is 7.77. The SMILES string of the molecule is O=C(NCC(c1ccccc1)c1c[nH]c2ccccc12)c1ccc(COCC(F)(F)F)cc1. The molecule has 1 unspecified atom stereocenters. The second-order valence-corrected chi connectivity index (χ2v) is 7.77. The van der Waals surface area contributed by atoms with Crippen molar-refractivity contribution >= 4 is 16.8 Å². The number of rotatable bonds is 8. The highest BCUT2D eigenvalue weighted by molar-refractivity contribution is 5.94. The number of hydrogen-bond acceptors (Lipinski definition) is 2. The zero-order chi connectivity index (χ0) is 23.3. The van der Waals surface area contributed by atoms with E-state index < -0.39 is 12.8 Å². The minimum Gasteiger partial charge on any atom is -0.367 e. The molecule has 0 spiro atoms. The number of para-hydroxylation sites is 1. The summed E-state index contributed by atoms with van der Waals surface area (Å²) in [5, 5.41) is 4.10. The molecule has 2 N–H and O–H groups in total. The van der Waals surface area contributed by atoms with Crippen LogP contribution in [0, 0.1) is 0 Å². The molecule has 4 nitrogen and oxygen atoms in total. The van der Waals surface area contributed by atoms with Gasteiger partial charge in [0.15, 0.2) is 0 Å². The van der Waals surface area contributed by atoms with Gasteiger partial charge in [-0.05, 0) is 34.9 Å². The van der Waals surface area contributed by atoms with Crippen LogP contribution in [0.25, 0.3) is 10.9 Å². The third kappa shape index (κ3) is 5.81. The first kappa shape index (κ1) is 22.6. The number of halogens is 3. The Morgan fingerprint density at radius 1 is 0.939 bits per heavy atom. The molecule has 1 atom stereocenters. The number of hydrogen-bond donors (Lipinski definition) is 2. The lowest BCUT2D eigenvalue weighted by molar-refractivity contribution is -0.176. The topological polar surface area (TPSA) is 54.1 Å². The van der Waals surface area contributed by atoms with Crippen molar-refractivity contribution in [1.29, 1.82) is 0 Å². The highest BCUT2D eigenvalue weighted by atomic mass is 19.4. The van der Waals surface area contributed by atoms with Gasteiger partial charge in [0.1, 0.15) is 6.61 Å². The number of amides is 1. The summed E-state index contributed by atoms with van der Waals surface area (Å²) < 4.78 is 41.3. The number of benzene rings is 3. The monoisotopic (exact) mass is 452 g/mol. The van der Waals surface area contributed by atoms with Gasteiger partial charge in [-0.15, -0.1) is 0 Å². The summed E-state index contributed by atoms with van der Waals surface area (Å²) in [7, 11) is 0. The maximum Gasteiger partial charge on any atom is 0.411 e. The Bertz CT molecular complexity index is 1200. The third-order valence-corrected chi connectivity index (χ3v) is 5.42.